The summed E-state index contributed by atoms with van der Waals surface area (Å²) in [6, 6.07) is 9.70. The molecule has 1 aromatic heterocycles. The third-order valence-electron chi connectivity index (χ3n) is 5.02. The van der Waals surface area contributed by atoms with Gasteiger partial charge in [0.1, 0.15) is 5.82 Å². The lowest BCUT2D eigenvalue weighted by molar-refractivity contribution is -0.130. The van der Waals surface area contributed by atoms with Gasteiger partial charge in [-0.3, -0.25) is 9.59 Å². The van der Waals surface area contributed by atoms with E-state index in [4.69, 9.17) is 0 Å². The molecule has 0 spiro atoms. The highest BCUT2D eigenvalue weighted by Gasteiger charge is 2.35. The average molecular weight is 418 g/mol. The van der Waals surface area contributed by atoms with Gasteiger partial charge >= 0.3 is 0 Å². The molecule has 1 fully saturated rings. The van der Waals surface area contributed by atoms with Crippen molar-refractivity contribution < 1.29 is 14.0 Å². The predicted molar refractivity (Wildman–Crippen MR) is 114 cm³/mol. The van der Waals surface area contributed by atoms with E-state index in [0.29, 0.717) is 37.7 Å². The Hall–Kier alpha value is -2.25. The number of nitrogens with zero attached hydrogens (tertiary/aromatic N) is 1. The maximum absolute atomic E-state index is 13.1. The largest absolute Gasteiger partial charge is 0.351 e. The molecule has 2 heterocycles. The lowest BCUT2D eigenvalue weighted by atomic mass is 9.87. The van der Waals surface area contributed by atoms with Gasteiger partial charge in [-0.15, -0.1) is 11.3 Å². The van der Waals surface area contributed by atoms with Crippen LogP contribution in [0.25, 0.3) is 0 Å². The standard InChI is InChI=1S/C22H28FN3O2S/c1-15(2)12-26-13-16(21(27)24-11-20-4-3-9-29-20)10-17(14-26)22(28)25-19-7-5-18(23)6-8-19/h3-9,15-17H,10-14H2,1-2H3,(H,24,27)(H,25,28)/t16-,17+/m0/s1. The topological polar surface area (TPSA) is 61.4 Å². The van der Waals surface area contributed by atoms with Crippen LogP contribution < -0.4 is 10.6 Å². The van der Waals surface area contributed by atoms with E-state index in [-0.39, 0.29) is 29.5 Å². The Labute approximate surface area is 175 Å². The third-order valence-corrected chi connectivity index (χ3v) is 5.90. The van der Waals surface area contributed by atoms with Gasteiger partial charge in [-0.25, -0.2) is 4.39 Å². The van der Waals surface area contributed by atoms with Crippen LogP contribution in [0, 0.1) is 23.6 Å². The van der Waals surface area contributed by atoms with Crippen LogP contribution in [0.5, 0.6) is 0 Å². The fourth-order valence-corrected chi connectivity index (χ4v) is 4.39. The number of likely N-dealkylation sites (tertiary alicyclic amines) is 1. The monoisotopic (exact) mass is 417 g/mol. The molecular weight excluding hydrogens is 389 g/mol. The minimum Gasteiger partial charge on any atom is -0.351 e. The van der Waals surface area contributed by atoms with Crippen molar-refractivity contribution in [3.63, 3.8) is 0 Å². The Morgan fingerprint density at radius 2 is 1.83 bits per heavy atom. The Kier molecular flexibility index (Phi) is 7.39. The summed E-state index contributed by atoms with van der Waals surface area (Å²) >= 11 is 1.61. The molecule has 1 aliphatic rings. The van der Waals surface area contributed by atoms with Crippen LogP contribution >= 0.6 is 11.3 Å². The summed E-state index contributed by atoms with van der Waals surface area (Å²) in [5.74, 6) is -0.543. The molecule has 2 amide bonds. The minimum atomic E-state index is -0.341. The maximum Gasteiger partial charge on any atom is 0.228 e. The number of anilines is 1. The first-order valence-electron chi connectivity index (χ1n) is 9.99. The fraction of sp³-hybridized carbons (Fsp3) is 0.455. The molecule has 5 nitrogen and oxygen atoms in total. The highest BCUT2D eigenvalue weighted by atomic mass is 32.1. The van der Waals surface area contributed by atoms with E-state index in [1.807, 2.05) is 17.5 Å². The number of thiophene rings is 1. The van der Waals surface area contributed by atoms with Crippen LogP contribution in [0.1, 0.15) is 25.1 Å². The summed E-state index contributed by atoms with van der Waals surface area (Å²) in [6.07, 6.45) is 0.512. The molecule has 0 unspecified atom stereocenters. The van der Waals surface area contributed by atoms with Crippen molar-refractivity contribution in [3.05, 3.63) is 52.5 Å². The van der Waals surface area contributed by atoms with Crippen LogP contribution in [-0.4, -0.2) is 36.3 Å². The first kappa shape index (κ1) is 21.5. The molecule has 156 valence electrons. The average Bonchev–Trinajstić information content (AvgIpc) is 3.20. The number of rotatable bonds is 7. The molecule has 2 N–H and O–H groups in total. The maximum atomic E-state index is 13.1. The molecule has 3 rings (SSSR count). The van der Waals surface area contributed by atoms with Crippen molar-refractivity contribution in [2.24, 2.45) is 17.8 Å². The van der Waals surface area contributed by atoms with E-state index >= 15 is 0 Å². The van der Waals surface area contributed by atoms with Crippen LogP contribution in [-0.2, 0) is 16.1 Å². The molecule has 0 saturated carbocycles. The van der Waals surface area contributed by atoms with Crippen LogP contribution in [0.4, 0.5) is 10.1 Å². The molecule has 0 radical (unpaired) electrons. The summed E-state index contributed by atoms with van der Waals surface area (Å²) < 4.78 is 13.1. The summed E-state index contributed by atoms with van der Waals surface area (Å²) in [7, 11) is 0. The van der Waals surface area contributed by atoms with Crippen LogP contribution in [0.3, 0.4) is 0 Å². The van der Waals surface area contributed by atoms with Crippen LogP contribution in [0.2, 0.25) is 0 Å². The second-order valence-corrected chi connectivity index (χ2v) is 9.07. The molecule has 1 saturated heterocycles. The molecule has 0 bridgehead atoms. The normalized spacial score (nSPS) is 19.9. The number of benzene rings is 1. The second kappa shape index (κ2) is 9.98. The number of carbonyl (C=O) groups excluding carboxylic acids is 2. The molecular formula is C22H28FN3O2S. The molecule has 1 aromatic carbocycles. The zero-order valence-electron chi connectivity index (χ0n) is 16.9. The van der Waals surface area contributed by atoms with Crippen molar-refractivity contribution >= 4 is 28.8 Å². The van der Waals surface area contributed by atoms with Gasteiger partial charge in [-0.05, 0) is 48.1 Å². The van der Waals surface area contributed by atoms with Crippen molar-refractivity contribution in [1.29, 1.82) is 0 Å². The van der Waals surface area contributed by atoms with Crippen molar-refractivity contribution in [2.45, 2.75) is 26.8 Å². The minimum absolute atomic E-state index is 0.00793. The van der Waals surface area contributed by atoms with Gasteiger partial charge in [0.05, 0.1) is 18.4 Å². The quantitative estimate of drug-likeness (QED) is 0.722. The number of halogens is 1. The van der Waals surface area contributed by atoms with E-state index in [1.54, 1.807) is 23.5 Å². The van der Waals surface area contributed by atoms with Gasteiger partial charge in [-0.1, -0.05) is 19.9 Å². The Morgan fingerprint density at radius 3 is 2.45 bits per heavy atom. The molecule has 7 heteroatoms. The summed E-state index contributed by atoms with van der Waals surface area (Å²) in [6.45, 7) is 6.91. The Morgan fingerprint density at radius 1 is 1.14 bits per heavy atom. The van der Waals surface area contributed by atoms with E-state index < -0.39 is 0 Å². The number of amides is 2. The van der Waals surface area contributed by atoms with Gasteiger partial charge in [0.2, 0.25) is 11.8 Å². The zero-order valence-corrected chi connectivity index (χ0v) is 17.7. The van der Waals surface area contributed by atoms with E-state index in [0.717, 1.165) is 11.4 Å². The van der Waals surface area contributed by atoms with E-state index in [1.165, 1.54) is 12.1 Å². The molecule has 2 atom stereocenters. The fourth-order valence-electron chi connectivity index (χ4n) is 3.75. The molecule has 0 aliphatic carbocycles. The molecule has 1 aliphatic heterocycles. The number of nitrogens with one attached hydrogen (secondary N) is 2. The first-order valence-corrected chi connectivity index (χ1v) is 10.9. The predicted octanol–water partition coefficient (Wildman–Crippen LogP) is 3.74. The van der Waals surface area contributed by atoms with Crippen molar-refractivity contribution in [3.8, 4) is 0 Å². The number of hydrogen-bond acceptors (Lipinski definition) is 4. The van der Waals surface area contributed by atoms with E-state index in [2.05, 4.69) is 29.4 Å². The van der Waals surface area contributed by atoms with Gasteiger partial charge in [-0.2, -0.15) is 0 Å². The zero-order chi connectivity index (χ0) is 20.8. The van der Waals surface area contributed by atoms with Crippen molar-refractivity contribution in [2.75, 3.05) is 25.0 Å². The number of piperidine rings is 1. The highest BCUT2D eigenvalue weighted by molar-refractivity contribution is 7.09. The van der Waals surface area contributed by atoms with Gasteiger partial charge in [0, 0.05) is 30.2 Å². The first-order chi connectivity index (χ1) is 13.9. The Bertz CT molecular complexity index is 808. The molecule has 2 aromatic rings. The second-order valence-electron chi connectivity index (χ2n) is 8.04. The SMILES string of the molecule is CC(C)CN1C[C@@H](C(=O)NCc2cccs2)C[C@@H](C(=O)Nc2ccc(F)cc2)C1. The lowest BCUT2D eigenvalue weighted by Crippen LogP contribution is -2.49. The number of hydrogen-bond donors (Lipinski definition) is 2. The summed E-state index contributed by atoms with van der Waals surface area (Å²) in [4.78, 5) is 28.9. The number of carbonyl (C=O) groups is 2. The van der Waals surface area contributed by atoms with Gasteiger partial charge < -0.3 is 15.5 Å². The lowest BCUT2D eigenvalue weighted by Gasteiger charge is -2.37. The van der Waals surface area contributed by atoms with E-state index in [9.17, 15) is 14.0 Å². The van der Waals surface area contributed by atoms with Gasteiger partial charge in [0.15, 0.2) is 0 Å². The molecule has 29 heavy (non-hydrogen) atoms. The summed E-state index contributed by atoms with van der Waals surface area (Å²) in [5.41, 5.74) is 0.566. The highest BCUT2D eigenvalue weighted by Crippen LogP contribution is 2.25. The Balaban J connectivity index is 1.64. The third kappa shape index (κ3) is 6.37. The van der Waals surface area contributed by atoms with Crippen LogP contribution in [0.15, 0.2) is 41.8 Å². The smallest absolute Gasteiger partial charge is 0.228 e. The van der Waals surface area contributed by atoms with Gasteiger partial charge in [0.25, 0.3) is 0 Å². The summed E-state index contributed by atoms with van der Waals surface area (Å²) in [5, 5.41) is 7.87. The van der Waals surface area contributed by atoms with Crippen molar-refractivity contribution in [1.82, 2.24) is 10.2 Å².